The molecule has 0 radical (unpaired) electrons. The van der Waals surface area contributed by atoms with Crippen LogP contribution in [-0.4, -0.2) is 36.1 Å². The third-order valence-electron chi connectivity index (χ3n) is 3.57. The molecule has 4 heteroatoms. The summed E-state index contributed by atoms with van der Waals surface area (Å²) in [7, 11) is 2.20. The summed E-state index contributed by atoms with van der Waals surface area (Å²) in [6.45, 7) is 3.03. The van der Waals surface area contributed by atoms with Crippen LogP contribution >= 0.6 is 0 Å². The van der Waals surface area contributed by atoms with Crippen molar-refractivity contribution in [3.63, 3.8) is 0 Å². The average molecular weight is 244 g/mol. The first-order valence-corrected chi connectivity index (χ1v) is 6.55. The Kier molecular flexibility index (Phi) is 4.68. The maximum absolute atomic E-state index is 8.79. The van der Waals surface area contributed by atoms with Crippen LogP contribution in [0.1, 0.15) is 30.5 Å². The average Bonchev–Trinajstić information content (AvgIpc) is 2.41. The lowest BCUT2D eigenvalue weighted by Gasteiger charge is -2.32. The molecule has 1 aromatic rings. The quantitative estimate of drug-likeness (QED) is 0.872. The highest BCUT2D eigenvalue weighted by atomic mass is 15.2. The number of likely N-dealkylation sites (tertiary alicyclic amines) is 1. The summed E-state index contributed by atoms with van der Waals surface area (Å²) in [6, 6.07) is 6.52. The molecular formula is C14H20N4. The summed E-state index contributed by atoms with van der Waals surface area (Å²) in [5.74, 6) is 0. The summed E-state index contributed by atoms with van der Waals surface area (Å²) in [5.41, 5.74) is 1.61. The number of nitrogens with one attached hydrogen (secondary N) is 1. The highest BCUT2D eigenvalue weighted by molar-refractivity contribution is 5.25. The molecule has 1 aromatic heterocycles. The maximum Gasteiger partial charge on any atom is 0.140 e. The predicted octanol–water partition coefficient (Wildman–Crippen LogP) is 1.53. The minimum atomic E-state index is 0.490. The fourth-order valence-electron chi connectivity index (χ4n) is 2.43. The Hall–Kier alpha value is -1.44. The molecular weight excluding hydrogens is 224 g/mol. The van der Waals surface area contributed by atoms with E-state index in [1.807, 2.05) is 12.1 Å². The van der Waals surface area contributed by atoms with Crippen molar-refractivity contribution in [2.75, 3.05) is 20.1 Å². The van der Waals surface area contributed by atoms with E-state index < -0.39 is 0 Å². The van der Waals surface area contributed by atoms with Crippen molar-refractivity contribution in [3.8, 4) is 6.07 Å². The molecule has 0 amide bonds. The lowest BCUT2D eigenvalue weighted by atomic mass is 10.0. The largest absolute Gasteiger partial charge is 0.311 e. The number of hydrogen-bond donors (Lipinski definition) is 1. The van der Waals surface area contributed by atoms with Crippen LogP contribution in [0.2, 0.25) is 0 Å². The number of likely N-dealkylation sites (N-methyl/N-ethyl adjacent to an activating group) is 1. The molecule has 0 spiro atoms. The van der Waals surface area contributed by atoms with Gasteiger partial charge < -0.3 is 10.2 Å². The number of aromatic nitrogens is 1. The van der Waals surface area contributed by atoms with Gasteiger partial charge in [-0.05, 0) is 44.1 Å². The molecule has 0 aromatic carbocycles. The van der Waals surface area contributed by atoms with Gasteiger partial charge >= 0.3 is 0 Å². The molecule has 0 saturated carbocycles. The highest BCUT2D eigenvalue weighted by Crippen LogP contribution is 2.14. The normalized spacial score (nSPS) is 20.6. The van der Waals surface area contributed by atoms with Gasteiger partial charge in [-0.2, -0.15) is 5.26 Å². The Morgan fingerprint density at radius 1 is 1.56 bits per heavy atom. The fourth-order valence-corrected chi connectivity index (χ4v) is 2.43. The predicted molar refractivity (Wildman–Crippen MR) is 70.9 cm³/mol. The molecule has 1 saturated heterocycles. The van der Waals surface area contributed by atoms with Crippen LogP contribution < -0.4 is 5.32 Å². The Morgan fingerprint density at radius 3 is 3.22 bits per heavy atom. The van der Waals surface area contributed by atoms with Gasteiger partial charge in [0, 0.05) is 25.3 Å². The lowest BCUT2D eigenvalue weighted by Crippen LogP contribution is -2.42. The SMILES string of the molecule is CN1CCCCC1CNCc1ccnc(C#N)c1. The zero-order chi connectivity index (χ0) is 12.8. The number of rotatable bonds is 4. The monoisotopic (exact) mass is 244 g/mol. The standard InChI is InChI=1S/C14H20N4/c1-18-7-3-2-4-14(18)11-16-10-12-5-6-17-13(8-12)9-15/h5-6,8,14,16H,2-4,7,10-11H2,1H3. The molecule has 2 heterocycles. The lowest BCUT2D eigenvalue weighted by molar-refractivity contribution is 0.181. The van der Waals surface area contributed by atoms with Crippen LogP contribution in [0.3, 0.4) is 0 Å². The van der Waals surface area contributed by atoms with E-state index in [2.05, 4.69) is 28.3 Å². The van der Waals surface area contributed by atoms with E-state index in [0.717, 1.165) is 18.7 Å². The van der Waals surface area contributed by atoms with E-state index in [1.165, 1.54) is 25.8 Å². The minimum Gasteiger partial charge on any atom is -0.311 e. The molecule has 0 bridgehead atoms. The summed E-state index contributed by atoms with van der Waals surface area (Å²) in [6.07, 6.45) is 5.64. The van der Waals surface area contributed by atoms with Gasteiger partial charge in [-0.15, -0.1) is 0 Å². The first-order valence-electron chi connectivity index (χ1n) is 6.55. The van der Waals surface area contributed by atoms with Crippen LogP contribution in [0.4, 0.5) is 0 Å². The number of pyridine rings is 1. The van der Waals surface area contributed by atoms with E-state index >= 15 is 0 Å². The molecule has 1 aliphatic rings. The van der Waals surface area contributed by atoms with E-state index in [1.54, 1.807) is 6.20 Å². The van der Waals surface area contributed by atoms with Gasteiger partial charge in [0.05, 0.1) is 0 Å². The topological polar surface area (TPSA) is 52.0 Å². The van der Waals surface area contributed by atoms with Gasteiger partial charge in [-0.1, -0.05) is 6.42 Å². The molecule has 4 nitrogen and oxygen atoms in total. The second-order valence-electron chi connectivity index (χ2n) is 4.92. The first kappa shape index (κ1) is 13.0. The van der Waals surface area contributed by atoms with Crippen LogP contribution in [0, 0.1) is 11.3 Å². The van der Waals surface area contributed by atoms with Crippen LogP contribution in [0.5, 0.6) is 0 Å². The van der Waals surface area contributed by atoms with E-state index in [9.17, 15) is 0 Å². The number of nitrogens with zero attached hydrogens (tertiary/aromatic N) is 3. The van der Waals surface area contributed by atoms with Crippen molar-refractivity contribution in [1.82, 2.24) is 15.2 Å². The van der Waals surface area contributed by atoms with Gasteiger partial charge in [0.15, 0.2) is 0 Å². The second kappa shape index (κ2) is 6.48. The molecule has 18 heavy (non-hydrogen) atoms. The van der Waals surface area contributed by atoms with Gasteiger partial charge in [-0.3, -0.25) is 0 Å². The molecule has 2 rings (SSSR count). The zero-order valence-corrected chi connectivity index (χ0v) is 10.9. The Morgan fingerprint density at radius 2 is 2.44 bits per heavy atom. The molecule has 0 aliphatic carbocycles. The Bertz CT molecular complexity index is 424. The van der Waals surface area contributed by atoms with Crippen LogP contribution in [-0.2, 0) is 6.54 Å². The fraction of sp³-hybridized carbons (Fsp3) is 0.571. The minimum absolute atomic E-state index is 0.490. The molecule has 1 atom stereocenters. The molecule has 1 fully saturated rings. The van der Waals surface area contributed by atoms with Gasteiger partial charge in [-0.25, -0.2) is 4.98 Å². The van der Waals surface area contributed by atoms with Crippen molar-refractivity contribution >= 4 is 0 Å². The van der Waals surface area contributed by atoms with Gasteiger partial charge in [0.1, 0.15) is 11.8 Å². The summed E-state index contributed by atoms with van der Waals surface area (Å²) >= 11 is 0. The van der Waals surface area contributed by atoms with Crippen LogP contribution in [0.15, 0.2) is 18.3 Å². The summed E-state index contributed by atoms with van der Waals surface area (Å²) in [5, 5.41) is 12.3. The number of piperidine rings is 1. The maximum atomic E-state index is 8.79. The molecule has 1 N–H and O–H groups in total. The number of hydrogen-bond acceptors (Lipinski definition) is 4. The molecule has 96 valence electrons. The third kappa shape index (κ3) is 3.52. The number of nitriles is 1. The highest BCUT2D eigenvalue weighted by Gasteiger charge is 2.17. The Labute approximate surface area is 109 Å². The van der Waals surface area contributed by atoms with Crippen molar-refractivity contribution in [2.24, 2.45) is 0 Å². The van der Waals surface area contributed by atoms with E-state index in [4.69, 9.17) is 5.26 Å². The smallest absolute Gasteiger partial charge is 0.140 e. The van der Waals surface area contributed by atoms with Gasteiger partial charge in [0.25, 0.3) is 0 Å². The van der Waals surface area contributed by atoms with Crippen LogP contribution in [0.25, 0.3) is 0 Å². The summed E-state index contributed by atoms with van der Waals surface area (Å²) < 4.78 is 0. The van der Waals surface area contributed by atoms with Gasteiger partial charge in [0.2, 0.25) is 0 Å². The van der Waals surface area contributed by atoms with E-state index in [-0.39, 0.29) is 0 Å². The summed E-state index contributed by atoms with van der Waals surface area (Å²) in [4.78, 5) is 6.41. The zero-order valence-electron chi connectivity index (χ0n) is 10.9. The van der Waals surface area contributed by atoms with Crippen molar-refractivity contribution in [1.29, 1.82) is 5.26 Å². The molecule has 1 unspecified atom stereocenters. The Balaban J connectivity index is 1.79. The van der Waals surface area contributed by atoms with Crippen molar-refractivity contribution < 1.29 is 0 Å². The second-order valence-corrected chi connectivity index (χ2v) is 4.92. The van der Waals surface area contributed by atoms with E-state index in [0.29, 0.717) is 11.7 Å². The first-order chi connectivity index (χ1) is 8.79. The third-order valence-corrected chi connectivity index (χ3v) is 3.57. The molecule has 1 aliphatic heterocycles. The van der Waals surface area contributed by atoms with Crippen molar-refractivity contribution in [2.45, 2.75) is 31.8 Å². The van der Waals surface area contributed by atoms with Crippen molar-refractivity contribution in [3.05, 3.63) is 29.6 Å².